The maximum Gasteiger partial charge on any atom is 0.175 e. The van der Waals surface area contributed by atoms with Crippen molar-refractivity contribution in [1.29, 1.82) is 0 Å². The van der Waals surface area contributed by atoms with Crippen molar-refractivity contribution < 1.29 is 0 Å². The van der Waals surface area contributed by atoms with Crippen molar-refractivity contribution in [2.24, 2.45) is 0 Å². The normalized spacial score (nSPS) is 15.3. The van der Waals surface area contributed by atoms with Gasteiger partial charge in [-0.3, -0.25) is 0 Å². The van der Waals surface area contributed by atoms with Crippen LogP contribution in [0.5, 0.6) is 0 Å². The van der Waals surface area contributed by atoms with E-state index < -0.39 is 0 Å². The Bertz CT molecular complexity index is 571. The monoisotopic (exact) mass is 296 g/mol. The van der Waals surface area contributed by atoms with Crippen LogP contribution in [0.4, 0.5) is 0 Å². The lowest BCUT2D eigenvalue weighted by molar-refractivity contribution is 0.962. The summed E-state index contributed by atoms with van der Waals surface area (Å²) in [6.45, 7) is 0. The number of hydrogen-bond donors (Lipinski definition) is 2. The summed E-state index contributed by atoms with van der Waals surface area (Å²) >= 11 is 8.72. The van der Waals surface area contributed by atoms with Crippen molar-refractivity contribution >= 4 is 28.1 Å². The molecule has 1 aliphatic rings. The molecule has 0 atom stereocenters. The van der Waals surface area contributed by atoms with E-state index in [2.05, 4.69) is 35.9 Å². The van der Waals surface area contributed by atoms with Gasteiger partial charge in [0.25, 0.3) is 0 Å². The Labute approximate surface area is 106 Å². The molecule has 6 heteroatoms. The summed E-state index contributed by atoms with van der Waals surface area (Å²) in [5.41, 5.74) is 1.14. The van der Waals surface area contributed by atoms with E-state index in [-0.39, 0.29) is 0 Å². The number of imidazole rings is 1. The Kier molecular flexibility index (Phi) is 2.40. The Morgan fingerprint density at radius 2 is 2.19 bits per heavy atom. The lowest BCUT2D eigenvalue weighted by Crippen LogP contribution is -1.98. The van der Waals surface area contributed by atoms with Crippen molar-refractivity contribution in [3.63, 3.8) is 0 Å². The molecule has 2 heterocycles. The van der Waals surface area contributed by atoms with Crippen LogP contribution in [0, 0.1) is 4.64 Å². The number of nitrogens with zero attached hydrogens (tertiary/aromatic N) is 2. The Morgan fingerprint density at radius 1 is 1.38 bits per heavy atom. The standard InChI is InChI=1S/C10H9BrN4S/c11-6-7(5-1-2-5)14-9(15-10(6)16)8-12-3-4-13-8/h3-5H,1-2H2,(H,12,13)(H,14,15,16). The molecule has 0 aromatic carbocycles. The van der Waals surface area contributed by atoms with E-state index in [1.54, 1.807) is 12.4 Å². The highest BCUT2D eigenvalue weighted by atomic mass is 79.9. The smallest absolute Gasteiger partial charge is 0.175 e. The Balaban J connectivity index is 2.17. The molecule has 0 spiro atoms. The first-order chi connectivity index (χ1) is 7.75. The summed E-state index contributed by atoms with van der Waals surface area (Å²) in [4.78, 5) is 14.8. The maximum atomic E-state index is 5.23. The minimum atomic E-state index is 0.590. The summed E-state index contributed by atoms with van der Waals surface area (Å²) in [6.07, 6.45) is 5.90. The van der Waals surface area contributed by atoms with Gasteiger partial charge < -0.3 is 9.97 Å². The largest absolute Gasteiger partial charge is 0.342 e. The van der Waals surface area contributed by atoms with Crippen molar-refractivity contribution in [2.45, 2.75) is 18.8 Å². The summed E-state index contributed by atoms with van der Waals surface area (Å²) in [5.74, 6) is 2.02. The highest BCUT2D eigenvalue weighted by molar-refractivity contribution is 9.10. The molecule has 4 nitrogen and oxygen atoms in total. The van der Waals surface area contributed by atoms with E-state index in [9.17, 15) is 0 Å². The average molecular weight is 297 g/mol. The number of H-pyrrole nitrogens is 2. The van der Waals surface area contributed by atoms with Crippen LogP contribution in [-0.4, -0.2) is 19.9 Å². The van der Waals surface area contributed by atoms with Crippen molar-refractivity contribution in [2.75, 3.05) is 0 Å². The summed E-state index contributed by atoms with van der Waals surface area (Å²) in [7, 11) is 0. The fourth-order valence-corrected chi connectivity index (χ4v) is 2.35. The fourth-order valence-electron chi connectivity index (χ4n) is 1.64. The van der Waals surface area contributed by atoms with Gasteiger partial charge in [0, 0.05) is 24.0 Å². The van der Waals surface area contributed by atoms with Crippen LogP contribution in [0.1, 0.15) is 24.5 Å². The lowest BCUT2D eigenvalue weighted by Gasteiger charge is -2.05. The van der Waals surface area contributed by atoms with Crippen LogP contribution >= 0.6 is 28.1 Å². The van der Waals surface area contributed by atoms with Gasteiger partial charge in [-0.2, -0.15) is 0 Å². The van der Waals surface area contributed by atoms with Gasteiger partial charge in [-0.15, -0.1) is 0 Å². The molecule has 1 saturated carbocycles. The summed E-state index contributed by atoms with van der Waals surface area (Å²) < 4.78 is 1.51. The number of hydrogen-bond acceptors (Lipinski definition) is 3. The van der Waals surface area contributed by atoms with Crippen LogP contribution in [-0.2, 0) is 0 Å². The van der Waals surface area contributed by atoms with Crippen molar-refractivity contribution in [1.82, 2.24) is 19.9 Å². The molecule has 1 fully saturated rings. The lowest BCUT2D eigenvalue weighted by atomic mass is 10.3. The zero-order valence-corrected chi connectivity index (χ0v) is 10.7. The molecule has 16 heavy (non-hydrogen) atoms. The molecule has 2 aromatic heterocycles. The van der Waals surface area contributed by atoms with Gasteiger partial charge in [0.2, 0.25) is 0 Å². The van der Waals surface area contributed by atoms with E-state index in [1.807, 2.05) is 0 Å². The Hall–Kier alpha value is -1.01. The first-order valence-electron chi connectivity index (χ1n) is 5.05. The molecule has 2 aromatic rings. The molecular weight excluding hydrogens is 288 g/mol. The first kappa shape index (κ1) is 10.2. The van der Waals surface area contributed by atoms with Gasteiger partial charge >= 0.3 is 0 Å². The quantitative estimate of drug-likeness (QED) is 0.837. The third kappa shape index (κ3) is 1.72. The summed E-state index contributed by atoms with van der Waals surface area (Å²) in [6, 6.07) is 0. The minimum absolute atomic E-state index is 0.590. The van der Waals surface area contributed by atoms with Crippen LogP contribution < -0.4 is 0 Å². The van der Waals surface area contributed by atoms with E-state index in [0.29, 0.717) is 16.4 Å². The van der Waals surface area contributed by atoms with Gasteiger partial charge in [0.05, 0.1) is 4.47 Å². The average Bonchev–Trinajstić information content (AvgIpc) is 2.96. The number of nitrogens with one attached hydrogen (secondary N) is 2. The van der Waals surface area contributed by atoms with Gasteiger partial charge in [-0.25, -0.2) is 9.97 Å². The maximum absolute atomic E-state index is 5.23. The van der Waals surface area contributed by atoms with E-state index in [1.165, 1.54) is 12.8 Å². The zero-order chi connectivity index (χ0) is 11.1. The molecule has 3 rings (SSSR count). The third-order valence-electron chi connectivity index (χ3n) is 2.60. The van der Waals surface area contributed by atoms with E-state index in [4.69, 9.17) is 12.2 Å². The van der Waals surface area contributed by atoms with Gasteiger partial charge in [-0.1, -0.05) is 12.2 Å². The topological polar surface area (TPSA) is 57.4 Å². The van der Waals surface area contributed by atoms with Crippen LogP contribution in [0.15, 0.2) is 16.9 Å². The van der Waals surface area contributed by atoms with Crippen LogP contribution in [0.25, 0.3) is 11.6 Å². The summed E-state index contributed by atoms with van der Waals surface area (Å²) in [5, 5.41) is 0. The zero-order valence-electron chi connectivity index (χ0n) is 8.33. The minimum Gasteiger partial charge on any atom is -0.342 e. The number of aromatic nitrogens is 4. The highest BCUT2D eigenvalue weighted by Gasteiger charge is 2.27. The van der Waals surface area contributed by atoms with E-state index >= 15 is 0 Å². The van der Waals surface area contributed by atoms with Crippen LogP contribution in [0.3, 0.4) is 0 Å². The Morgan fingerprint density at radius 3 is 2.81 bits per heavy atom. The molecule has 2 N–H and O–H groups in total. The molecule has 0 unspecified atom stereocenters. The van der Waals surface area contributed by atoms with E-state index in [0.717, 1.165) is 16.0 Å². The molecular formula is C10H9BrN4S. The molecule has 82 valence electrons. The number of rotatable bonds is 2. The third-order valence-corrected chi connectivity index (χ3v) is 3.96. The van der Waals surface area contributed by atoms with Crippen molar-refractivity contribution in [3.05, 3.63) is 27.2 Å². The van der Waals surface area contributed by atoms with Gasteiger partial charge in [-0.05, 0) is 28.8 Å². The van der Waals surface area contributed by atoms with Crippen LogP contribution in [0.2, 0.25) is 0 Å². The molecule has 0 radical (unpaired) electrons. The van der Waals surface area contributed by atoms with Gasteiger partial charge in [0.1, 0.15) is 4.64 Å². The second kappa shape index (κ2) is 3.78. The SMILES string of the molecule is S=c1nc(-c2ncc[nH]2)[nH]c(C2CC2)c1Br. The fraction of sp³-hybridized carbons (Fsp3) is 0.300. The molecule has 1 aliphatic carbocycles. The number of aromatic amines is 2. The molecule has 0 bridgehead atoms. The number of halogens is 1. The first-order valence-corrected chi connectivity index (χ1v) is 6.25. The van der Waals surface area contributed by atoms with Gasteiger partial charge in [0.15, 0.2) is 11.6 Å². The molecule has 0 amide bonds. The second-order valence-corrected chi connectivity index (χ2v) is 5.01. The van der Waals surface area contributed by atoms with Crippen molar-refractivity contribution in [3.8, 4) is 11.6 Å². The highest BCUT2D eigenvalue weighted by Crippen LogP contribution is 2.42. The molecule has 0 saturated heterocycles. The predicted octanol–water partition coefficient (Wildman–Crippen LogP) is 3.17. The second-order valence-electron chi connectivity index (χ2n) is 3.83. The predicted molar refractivity (Wildman–Crippen MR) is 66.7 cm³/mol. The molecule has 0 aliphatic heterocycles.